The lowest BCUT2D eigenvalue weighted by molar-refractivity contribution is -0.0959. The van der Waals surface area contributed by atoms with Gasteiger partial charge < -0.3 is 10.0 Å². The van der Waals surface area contributed by atoms with E-state index in [1.54, 1.807) is 0 Å². The summed E-state index contributed by atoms with van der Waals surface area (Å²) in [6.07, 6.45) is 0.388. The Balaban J connectivity index is 1.98. The highest BCUT2D eigenvalue weighted by molar-refractivity contribution is 6.42. The van der Waals surface area contributed by atoms with Crippen LogP contribution in [0.25, 0.3) is 0 Å². The number of alkyl halides is 2. The van der Waals surface area contributed by atoms with Crippen molar-refractivity contribution in [3.8, 4) is 0 Å². The predicted molar refractivity (Wildman–Crippen MR) is 79.7 cm³/mol. The van der Waals surface area contributed by atoms with Crippen LogP contribution in [-0.2, 0) is 0 Å². The van der Waals surface area contributed by atoms with Crippen molar-refractivity contribution >= 4 is 29.1 Å². The molecule has 1 saturated heterocycles. The van der Waals surface area contributed by atoms with Gasteiger partial charge in [0.25, 0.3) is 11.8 Å². The summed E-state index contributed by atoms with van der Waals surface area (Å²) in [4.78, 5) is 13.8. The Hall–Kier alpha value is -0.910. The molecule has 1 aliphatic heterocycles. The molecule has 7 heteroatoms. The number of carbonyl (C=O) groups excluding carboxylic acids is 1. The molecular formula is C15H15Cl2F2NO2. The molecule has 2 aliphatic rings. The third-order valence-corrected chi connectivity index (χ3v) is 5.44. The molecule has 1 atom stereocenters. The van der Waals surface area contributed by atoms with E-state index in [0.717, 1.165) is 17.7 Å². The summed E-state index contributed by atoms with van der Waals surface area (Å²) in [5.41, 5.74) is -0.974. The van der Waals surface area contributed by atoms with E-state index in [9.17, 15) is 18.7 Å². The molecule has 1 unspecified atom stereocenters. The van der Waals surface area contributed by atoms with Gasteiger partial charge in [-0.05, 0) is 31.0 Å². The van der Waals surface area contributed by atoms with Gasteiger partial charge in [-0.15, -0.1) is 0 Å². The van der Waals surface area contributed by atoms with E-state index < -0.39 is 30.0 Å². The van der Waals surface area contributed by atoms with Gasteiger partial charge >= 0.3 is 0 Å². The van der Waals surface area contributed by atoms with Crippen molar-refractivity contribution in [2.24, 2.45) is 0 Å². The summed E-state index contributed by atoms with van der Waals surface area (Å²) in [5, 5.41) is 10.6. The van der Waals surface area contributed by atoms with E-state index in [1.165, 1.54) is 18.2 Å². The SMILES string of the molecule is O=C(c1ccc(Cl)c(Cl)c1)N1CC(F)(F)C(O)C12CCCC2. The van der Waals surface area contributed by atoms with E-state index in [4.69, 9.17) is 23.2 Å². The second kappa shape index (κ2) is 5.32. The lowest BCUT2D eigenvalue weighted by atomic mass is 9.89. The molecule has 1 aliphatic carbocycles. The van der Waals surface area contributed by atoms with Crippen LogP contribution in [0.4, 0.5) is 8.78 Å². The van der Waals surface area contributed by atoms with E-state index in [-0.39, 0.29) is 10.6 Å². The average molecular weight is 350 g/mol. The first kappa shape index (κ1) is 16.0. The third-order valence-electron chi connectivity index (χ3n) is 4.70. The molecule has 2 fully saturated rings. The first-order valence-electron chi connectivity index (χ1n) is 7.11. The molecule has 3 nitrogen and oxygen atoms in total. The van der Waals surface area contributed by atoms with Gasteiger partial charge in [-0.25, -0.2) is 8.78 Å². The number of benzene rings is 1. The minimum atomic E-state index is -3.30. The maximum atomic E-state index is 14.0. The van der Waals surface area contributed by atoms with Gasteiger partial charge in [0.1, 0.15) is 6.10 Å². The molecular weight excluding hydrogens is 335 g/mol. The Kier molecular flexibility index (Phi) is 3.86. The maximum Gasteiger partial charge on any atom is 0.292 e. The van der Waals surface area contributed by atoms with Crippen molar-refractivity contribution in [3.63, 3.8) is 0 Å². The van der Waals surface area contributed by atoms with Gasteiger partial charge in [-0.1, -0.05) is 36.0 Å². The second-order valence-corrected chi connectivity index (χ2v) is 6.81. The van der Waals surface area contributed by atoms with Crippen LogP contribution in [0.3, 0.4) is 0 Å². The highest BCUT2D eigenvalue weighted by Crippen LogP contribution is 2.49. The van der Waals surface area contributed by atoms with E-state index >= 15 is 0 Å². The molecule has 1 amide bonds. The lowest BCUT2D eigenvalue weighted by Gasteiger charge is -2.36. The Bertz CT molecular complexity index is 618. The molecule has 1 aromatic rings. The largest absolute Gasteiger partial charge is 0.384 e. The van der Waals surface area contributed by atoms with Crippen LogP contribution >= 0.6 is 23.2 Å². The molecule has 1 heterocycles. The minimum Gasteiger partial charge on any atom is -0.384 e. The molecule has 3 rings (SSSR count). The smallest absolute Gasteiger partial charge is 0.292 e. The predicted octanol–water partition coefficient (Wildman–Crippen LogP) is 3.76. The molecule has 22 heavy (non-hydrogen) atoms. The Morgan fingerprint density at radius 2 is 1.86 bits per heavy atom. The van der Waals surface area contributed by atoms with Crippen molar-refractivity contribution in [1.29, 1.82) is 0 Å². The number of likely N-dealkylation sites (tertiary alicyclic amines) is 1. The number of rotatable bonds is 1. The summed E-state index contributed by atoms with van der Waals surface area (Å²) >= 11 is 11.7. The molecule has 0 bridgehead atoms. The standard InChI is InChI=1S/C15H15Cl2F2NO2/c16-10-4-3-9(7-11(10)17)12(21)20-8-15(18,19)13(22)14(20)5-1-2-6-14/h3-4,7,13,22H,1-2,5-6,8H2. The fraction of sp³-hybridized carbons (Fsp3) is 0.533. The minimum absolute atomic E-state index is 0.194. The van der Waals surface area contributed by atoms with Gasteiger partial charge in [0.15, 0.2) is 0 Å². The van der Waals surface area contributed by atoms with Gasteiger partial charge in [0, 0.05) is 5.56 Å². The summed E-state index contributed by atoms with van der Waals surface area (Å²) in [5.74, 6) is -3.84. The first-order valence-corrected chi connectivity index (χ1v) is 7.86. The monoisotopic (exact) mass is 349 g/mol. The van der Waals surface area contributed by atoms with Crippen molar-refractivity contribution in [2.45, 2.75) is 43.2 Å². The highest BCUT2D eigenvalue weighted by Gasteiger charge is 2.64. The molecule has 1 spiro atoms. The van der Waals surface area contributed by atoms with E-state index in [0.29, 0.717) is 17.9 Å². The zero-order valence-electron chi connectivity index (χ0n) is 11.7. The Labute approximate surface area is 136 Å². The van der Waals surface area contributed by atoms with Crippen LogP contribution in [0.1, 0.15) is 36.0 Å². The van der Waals surface area contributed by atoms with E-state index in [1.807, 2.05) is 0 Å². The van der Waals surface area contributed by atoms with Crippen LogP contribution < -0.4 is 0 Å². The topological polar surface area (TPSA) is 40.5 Å². The quantitative estimate of drug-likeness (QED) is 0.838. The van der Waals surface area contributed by atoms with Crippen LogP contribution in [0, 0.1) is 0 Å². The van der Waals surface area contributed by atoms with Gasteiger partial charge in [0.2, 0.25) is 0 Å². The van der Waals surface area contributed by atoms with Gasteiger partial charge in [-0.3, -0.25) is 4.79 Å². The van der Waals surface area contributed by atoms with Crippen molar-refractivity contribution in [2.75, 3.05) is 6.54 Å². The lowest BCUT2D eigenvalue weighted by Crippen LogP contribution is -2.51. The maximum absolute atomic E-state index is 14.0. The van der Waals surface area contributed by atoms with Crippen LogP contribution in [0.2, 0.25) is 10.0 Å². The summed E-state index contributed by atoms with van der Waals surface area (Å²) in [6, 6.07) is 4.29. The fourth-order valence-corrected chi connectivity index (χ4v) is 3.88. The molecule has 1 N–H and O–H groups in total. The number of aliphatic hydroxyl groups is 1. The van der Waals surface area contributed by atoms with Gasteiger partial charge in [-0.2, -0.15) is 0 Å². The Morgan fingerprint density at radius 3 is 2.45 bits per heavy atom. The highest BCUT2D eigenvalue weighted by atomic mass is 35.5. The molecule has 120 valence electrons. The van der Waals surface area contributed by atoms with E-state index in [2.05, 4.69) is 0 Å². The molecule has 1 saturated carbocycles. The summed E-state index contributed by atoms with van der Waals surface area (Å²) in [6.45, 7) is -0.771. The molecule has 1 aromatic carbocycles. The summed E-state index contributed by atoms with van der Waals surface area (Å²) in [7, 11) is 0. The number of halogens is 4. The zero-order chi connectivity index (χ0) is 16.1. The van der Waals surface area contributed by atoms with Crippen molar-refractivity contribution < 1.29 is 18.7 Å². The molecule has 0 radical (unpaired) electrons. The molecule has 0 aromatic heterocycles. The van der Waals surface area contributed by atoms with Gasteiger partial charge in [0.05, 0.1) is 22.1 Å². The fourth-order valence-electron chi connectivity index (χ4n) is 3.59. The normalized spacial score (nSPS) is 25.9. The number of hydrogen-bond donors (Lipinski definition) is 1. The number of amides is 1. The van der Waals surface area contributed by atoms with Crippen molar-refractivity contribution in [1.82, 2.24) is 4.90 Å². The number of aliphatic hydroxyl groups excluding tert-OH is 1. The number of carbonyl (C=O) groups is 1. The Morgan fingerprint density at radius 1 is 1.23 bits per heavy atom. The van der Waals surface area contributed by atoms with Crippen LogP contribution in [0.5, 0.6) is 0 Å². The summed E-state index contributed by atoms with van der Waals surface area (Å²) < 4.78 is 28.0. The zero-order valence-corrected chi connectivity index (χ0v) is 13.2. The first-order chi connectivity index (χ1) is 10.3. The third kappa shape index (κ3) is 2.30. The average Bonchev–Trinajstić information content (AvgIpc) is 3.02. The van der Waals surface area contributed by atoms with Crippen LogP contribution in [0.15, 0.2) is 18.2 Å². The van der Waals surface area contributed by atoms with Crippen molar-refractivity contribution in [3.05, 3.63) is 33.8 Å². The number of nitrogens with zero attached hydrogens (tertiary/aromatic N) is 1. The second-order valence-electron chi connectivity index (χ2n) is 5.99. The van der Waals surface area contributed by atoms with Crippen LogP contribution in [-0.4, -0.2) is 40.0 Å². The number of hydrogen-bond acceptors (Lipinski definition) is 2.